The molecule has 0 fully saturated rings. The quantitative estimate of drug-likeness (QED) is 0.104. The number of hydrogen-bond donors (Lipinski definition) is 2. The van der Waals surface area contributed by atoms with Crippen LogP contribution in [0.25, 0.3) is 20.4 Å². The molecule has 0 bridgehead atoms. The summed E-state index contributed by atoms with van der Waals surface area (Å²) in [6, 6.07) is 25.0. The Bertz CT molecular complexity index is 1720. The lowest BCUT2D eigenvalue weighted by molar-refractivity contribution is 0.0751. The Hall–Kier alpha value is -4.98. The lowest BCUT2D eigenvalue weighted by Gasteiger charge is -2.10. The van der Waals surface area contributed by atoms with Gasteiger partial charge in [-0.1, -0.05) is 46.9 Å². The minimum Gasteiger partial charge on any atom is -0.504 e. The van der Waals surface area contributed by atoms with Crippen molar-refractivity contribution in [2.24, 2.45) is 20.5 Å². The van der Waals surface area contributed by atoms with Gasteiger partial charge in [-0.15, -0.1) is 20.5 Å². The fraction of sp³-hybridized carbons (Fsp3) is 0.133. The van der Waals surface area contributed by atoms with Crippen LogP contribution in [-0.4, -0.2) is 46.6 Å². The second kappa shape index (κ2) is 13.3. The molecule has 0 saturated carbocycles. The molecule has 2 aromatic heterocycles. The zero-order valence-electron chi connectivity index (χ0n) is 22.5. The maximum Gasteiger partial charge on any atom is 0.231 e. The summed E-state index contributed by atoms with van der Waals surface area (Å²) in [5.41, 5.74) is 2.77. The molecule has 2 heterocycles. The standard InChI is InChI=1S/C30H24N6O5S2/c37-23-11-9-19(33-35-29-31-21-5-1-3-7-27(21)42-29)17-25(23)40-15-13-39-14-16-41-26-18-20(10-12-24(26)38)34-36-30-32-22-6-2-4-8-28(22)43-30/h1-12,17-18,37-38H,13-16H2. The van der Waals surface area contributed by atoms with Gasteiger partial charge in [0.15, 0.2) is 23.0 Å². The van der Waals surface area contributed by atoms with Crippen molar-refractivity contribution >= 4 is 64.7 Å². The Kier molecular flexibility index (Phi) is 8.73. The van der Waals surface area contributed by atoms with Gasteiger partial charge in [-0.3, -0.25) is 0 Å². The number of aromatic nitrogens is 2. The van der Waals surface area contributed by atoms with E-state index in [9.17, 15) is 10.2 Å². The number of aromatic hydroxyl groups is 2. The first-order valence-corrected chi connectivity index (χ1v) is 14.8. The molecule has 0 aliphatic rings. The molecule has 4 aromatic carbocycles. The largest absolute Gasteiger partial charge is 0.504 e. The number of fused-ring (bicyclic) bond motifs is 2. The fourth-order valence-electron chi connectivity index (χ4n) is 3.89. The second-order valence-corrected chi connectivity index (χ2v) is 11.0. The van der Waals surface area contributed by atoms with Crippen molar-refractivity contribution in [2.75, 3.05) is 26.4 Å². The third-order valence-electron chi connectivity index (χ3n) is 5.92. The third-order valence-corrected chi connectivity index (χ3v) is 7.77. The molecule has 0 radical (unpaired) electrons. The number of hydrogen-bond acceptors (Lipinski definition) is 13. The van der Waals surface area contributed by atoms with Gasteiger partial charge in [0.1, 0.15) is 13.2 Å². The number of azo groups is 2. The summed E-state index contributed by atoms with van der Waals surface area (Å²) in [7, 11) is 0. The molecule has 6 rings (SSSR count). The first-order chi connectivity index (χ1) is 21.1. The van der Waals surface area contributed by atoms with Crippen molar-refractivity contribution in [3.05, 3.63) is 84.9 Å². The van der Waals surface area contributed by atoms with Crippen LogP contribution in [0.5, 0.6) is 23.0 Å². The average Bonchev–Trinajstić information content (AvgIpc) is 3.64. The average molecular weight is 613 g/mol. The monoisotopic (exact) mass is 612 g/mol. The zero-order valence-corrected chi connectivity index (χ0v) is 24.2. The van der Waals surface area contributed by atoms with E-state index in [1.54, 1.807) is 24.3 Å². The minimum atomic E-state index is -0.0158. The van der Waals surface area contributed by atoms with Gasteiger partial charge in [-0.25, -0.2) is 9.97 Å². The minimum absolute atomic E-state index is 0.0158. The Morgan fingerprint density at radius 1 is 0.558 bits per heavy atom. The van der Waals surface area contributed by atoms with Gasteiger partial charge in [0.25, 0.3) is 0 Å². The molecule has 0 aliphatic carbocycles. The first-order valence-electron chi connectivity index (χ1n) is 13.1. The normalized spacial score (nSPS) is 11.7. The highest BCUT2D eigenvalue weighted by Crippen LogP contribution is 2.34. The van der Waals surface area contributed by atoms with Crippen molar-refractivity contribution in [2.45, 2.75) is 0 Å². The molecule has 13 heteroatoms. The Morgan fingerprint density at radius 3 is 1.49 bits per heavy atom. The zero-order chi connectivity index (χ0) is 29.4. The number of phenols is 2. The number of ether oxygens (including phenoxy) is 3. The van der Waals surface area contributed by atoms with E-state index in [0.29, 0.717) is 21.6 Å². The molecule has 216 valence electrons. The van der Waals surface area contributed by atoms with E-state index >= 15 is 0 Å². The van der Waals surface area contributed by atoms with Gasteiger partial charge < -0.3 is 24.4 Å². The van der Waals surface area contributed by atoms with Crippen LogP contribution in [0.15, 0.2) is 105 Å². The van der Waals surface area contributed by atoms with Gasteiger partial charge in [0.2, 0.25) is 10.3 Å². The number of benzene rings is 4. The van der Waals surface area contributed by atoms with Crippen LogP contribution >= 0.6 is 22.7 Å². The van der Waals surface area contributed by atoms with Crippen molar-refractivity contribution in [1.82, 2.24) is 9.97 Å². The molecule has 43 heavy (non-hydrogen) atoms. The molecule has 11 nitrogen and oxygen atoms in total. The van der Waals surface area contributed by atoms with Crippen LogP contribution in [-0.2, 0) is 4.74 Å². The van der Waals surface area contributed by atoms with Gasteiger partial charge in [0.05, 0.1) is 45.0 Å². The van der Waals surface area contributed by atoms with E-state index in [0.717, 1.165) is 20.4 Å². The highest BCUT2D eigenvalue weighted by atomic mass is 32.1. The summed E-state index contributed by atoms with van der Waals surface area (Å²) in [6.07, 6.45) is 0. The summed E-state index contributed by atoms with van der Waals surface area (Å²) in [6.45, 7) is 0.892. The summed E-state index contributed by atoms with van der Waals surface area (Å²) in [5, 5.41) is 38.3. The highest BCUT2D eigenvalue weighted by molar-refractivity contribution is 7.22. The van der Waals surface area contributed by atoms with Crippen molar-refractivity contribution in [3.8, 4) is 23.0 Å². The Balaban J connectivity index is 0.946. The molecule has 0 amide bonds. The van der Waals surface area contributed by atoms with Crippen molar-refractivity contribution in [3.63, 3.8) is 0 Å². The number of rotatable bonds is 12. The van der Waals surface area contributed by atoms with Crippen LogP contribution in [0, 0.1) is 0 Å². The maximum absolute atomic E-state index is 10.2. The third kappa shape index (κ3) is 7.27. The van der Waals surface area contributed by atoms with Gasteiger partial charge in [0, 0.05) is 12.1 Å². The van der Waals surface area contributed by atoms with Gasteiger partial charge >= 0.3 is 0 Å². The van der Waals surface area contributed by atoms with E-state index in [2.05, 4.69) is 30.4 Å². The highest BCUT2D eigenvalue weighted by Gasteiger charge is 2.08. The number of para-hydroxylation sites is 2. The van der Waals surface area contributed by atoms with Crippen molar-refractivity contribution in [1.29, 1.82) is 0 Å². The van der Waals surface area contributed by atoms with Crippen LogP contribution in [0.3, 0.4) is 0 Å². The molecule has 2 N–H and O–H groups in total. The van der Waals surface area contributed by atoms with E-state index in [1.807, 2.05) is 48.5 Å². The first kappa shape index (κ1) is 28.2. The van der Waals surface area contributed by atoms with Crippen LogP contribution in [0.4, 0.5) is 21.6 Å². The van der Waals surface area contributed by atoms with Crippen molar-refractivity contribution < 1.29 is 24.4 Å². The number of thiazole rings is 2. The molecule has 0 spiro atoms. The van der Waals surface area contributed by atoms with Gasteiger partial charge in [-0.2, -0.15) is 0 Å². The smallest absolute Gasteiger partial charge is 0.231 e. The fourth-order valence-corrected chi connectivity index (χ4v) is 5.47. The molecule has 0 unspecified atom stereocenters. The molecular weight excluding hydrogens is 589 g/mol. The molecule has 6 aromatic rings. The SMILES string of the molecule is Oc1ccc(N=Nc2nc3ccccc3s2)cc1OCCOCCOc1cc(N=Nc2nc3ccccc3s2)ccc1O. The summed E-state index contributed by atoms with van der Waals surface area (Å²) >= 11 is 2.89. The maximum atomic E-state index is 10.2. The topological polar surface area (TPSA) is 143 Å². The van der Waals surface area contributed by atoms with E-state index in [4.69, 9.17) is 14.2 Å². The Labute approximate surface area is 253 Å². The van der Waals surface area contributed by atoms with E-state index < -0.39 is 0 Å². The molecule has 0 aliphatic heterocycles. The summed E-state index contributed by atoms with van der Waals surface area (Å²) < 4.78 is 19.0. The second-order valence-electron chi connectivity index (χ2n) is 8.94. The molecule has 0 atom stereocenters. The van der Waals surface area contributed by atoms with Crippen LogP contribution in [0.2, 0.25) is 0 Å². The lowest BCUT2D eigenvalue weighted by Crippen LogP contribution is -2.12. The number of nitrogens with zero attached hydrogens (tertiary/aromatic N) is 6. The van der Waals surface area contributed by atoms with Crippen LogP contribution in [0.1, 0.15) is 0 Å². The van der Waals surface area contributed by atoms with Gasteiger partial charge in [-0.05, 0) is 48.5 Å². The number of phenolic OH excluding ortho intramolecular Hbond substituents is 2. The molecule has 0 saturated heterocycles. The summed E-state index contributed by atoms with van der Waals surface area (Å²) in [5.74, 6) is 0.500. The van der Waals surface area contributed by atoms with E-state index in [1.165, 1.54) is 34.8 Å². The Morgan fingerprint density at radius 2 is 1.02 bits per heavy atom. The predicted molar refractivity (Wildman–Crippen MR) is 166 cm³/mol. The summed E-state index contributed by atoms with van der Waals surface area (Å²) in [4.78, 5) is 8.87. The molecular formula is C30H24N6O5S2. The predicted octanol–water partition coefficient (Wildman–Crippen LogP) is 8.62. The van der Waals surface area contributed by atoms with Crippen LogP contribution < -0.4 is 9.47 Å². The van der Waals surface area contributed by atoms with E-state index in [-0.39, 0.29) is 49.4 Å². The lowest BCUT2D eigenvalue weighted by atomic mass is 10.3.